The van der Waals surface area contributed by atoms with Crippen molar-refractivity contribution in [1.82, 2.24) is 10.6 Å². The molecule has 3 N–H and O–H groups in total. The molecule has 1 aliphatic heterocycles. The Morgan fingerprint density at radius 3 is 2.47 bits per heavy atom. The van der Waals surface area contributed by atoms with Crippen LogP contribution in [0.5, 0.6) is 0 Å². The standard InChI is InChI=1S/C25H27ClN4O3S/c1-18-7-9-21(16-22(18)26)34(32,33)29-23-15-20(8-10-24(23)30-13-11-27-12-14-30)25(31)28-17-19-5-3-2-4-6-19/h2-10,15-16,27,29H,11-14,17H2,1H3,(H,28,31). The van der Waals surface area contributed by atoms with Crippen LogP contribution in [0.4, 0.5) is 11.4 Å². The van der Waals surface area contributed by atoms with E-state index in [9.17, 15) is 13.2 Å². The molecular weight excluding hydrogens is 472 g/mol. The Morgan fingerprint density at radius 2 is 1.76 bits per heavy atom. The average molecular weight is 499 g/mol. The molecule has 9 heteroatoms. The van der Waals surface area contributed by atoms with Gasteiger partial charge in [-0.15, -0.1) is 0 Å². The molecule has 0 aliphatic carbocycles. The van der Waals surface area contributed by atoms with Crippen LogP contribution in [0.1, 0.15) is 21.5 Å². The third-order valence-corrected chi connectivity index (χ3v) is 7.48. The highest BCUT2D eigenvalue weighted by molar-refractivity contribution is 7.92. The van der Waals surface area contributed by atoms with Gasteiger partial charge >= 0.3 is 0 Å². The molecule has 1 aliphatic rings. The molecule has 1 amide bonds. The highest BCUT2D eigenvalue weighted by Gasteiger charge is 2.22. The van der Waals surface area contributed by atoms with Gasteiger partial charge in [-0.1, -0.05) is 48.0 Å². The minimum absolute atomic E-state index is 0.0632. The molecule has 7 nitrogen and oxygen atoms in total. The van der Waals surface area contributed by atoms with Gasteiger partial charge in [-0.05, 0) is 48.4 Å². The molecule has 0 unspecified atom stereocenters. The number of anilines is 2. The van der Waals surface area contributed by atoms with Crippen LogP contribution in [-0.4, -0.2) is 40.5 Å². The van der Waals surface area contributed by atoms with Crippen molar-refractivity contribution in [2.75, 3.05) is 35.8 Å². The Morgan fingerprint density at radius 1 is 1.03 bits per heavy atom. The summed E-state index contributed by atoms with van der Waals surface area (Å²) in [6, 6.07) is 19.3. The zero-order valence-electron chi connectivity index (χ0n) is 18.8. The highest BCUT2D eigenvalue weighted by Crippen LogP contribution is 2.31. The van der Waals surface area contributed by atoms with Gasteiger partial charge in [0.25, 0.3) is 15.9 Å². The lowest BCUT2D eigenvalue weighted by molar-refractivity contribution is 0.0951. The fraction of sp³-hybridized carbons (Fsp3) is 0.240. The Bertz CT molecular complexity index is 1280. The molecule has 34 heavy (non-hydrogen) atoms. The van der Waals surface area contributed by atoms with Gasteiger partial charge in [0.15, 0.2) is 0 Å². The van der Waals surface area contributed by atoms with Gasteiger partial charge in [-0.2, -0.15) is 0 Å². The topological polar surface area (TPSA) is 90.5 Å². The van der Waals surface area contributed by atoms with Gasteiger partial charge in [0.1, 0.15) is 0 Å². The number of nitrogens with zero attached hydrogens (tertiary/aromatic N) is 1. The molecule has 4 rings (SSSR count). The number of carbonyl (C=O) groups excluding carboxylic acids is 1. The molecule has 178 valence electrons. The number of halogens is 1. The van der Waals surface area contributed by atoms with Crippen LogP contribution in [0.25, 0.3) is 0 Å². The predicted molar refractivity (Wildman–Crippen MR) is 136 cm³/mol. The van der Waals surface area contributed by atoms with E-state index in [1.807, 2.05) is 37.3 Å². The highest BCUT2D eigenvalue weighted by atomic mass is 35.5. The number of rotatable bonds is 7. The van der Waals surface area contributed by atoms with Crippen LogP contribution >= 0.6 is 11.6 Å². The predicted octanol–water partition coefficient (Wildman–Crippen LogP) is 3.79. The van der Waals surface area contributed by atoms with Gasteiger partial charge < -0.3 is 15.5 Å². The van der Waals surface area contributed by atoms with Crippen LogP contribution in [0.2, 0.25) is 5.02 Å². The van der Waals surface area contributed by atoms with E-state index in [1.165, 1.54) is 12.1 Å². The lowest BCUT2D eigenvalue weighted by Crippen LogP contribution is -2.43. The van der Waals surface area contributed by atoms with E-state index < -0.39 is 10.0 Å². The molecule has 0 atom stereocenters. The molecule has 3 aromatic carbocycles. The first-order valence-corrected chi connectivity index (χ1v) is 12.9. The molecule has 0 saturated carbocycles. The van der Waals surface area contributed by atoms with Crippen molar-refractivity contribution in [3.8, 4) is 0 Å². The smallest absolute Gasteiger partial charge is 0.262 e. The second-order valence-corrected chi connectivity index (χ2v) is 10.2. The number of nitrogens with one attached hydrogen (secondary N) is 3. The van der Waals surface area contributed by atoms with E-state index in [0.717, 1.165) is 43.0 Å². The van der Waals surface area contributed by atoms with E-state index in [-0.39, 0.29) is 10.8 Å². The van der Waals surface area contributed by atoms with Gasteiger partial charge in [-0.3, -0.25) is 9.52 Å². The van der Waals surface area contributed by atoms with E-state index in [1.54, 1.807) is 24.3 Å². The third kappa shape index (κ3) is 5.70. The van der Waals surface area contributed by atoms with Crippen molar-refractivity contribution in [3.63, 3.8) is 0 Å². The van der Waals surface area contributed by atoms with Gasteiger partial charge in [0, 0.05) is 43.3 Å². The number of piperazine rings is 1. The monoisotopic (exact) mass is 498 g/mol. The zero-order chi connectivity index (χ0) is 24.1. The largest absolute Gasteiger partial charge is 0.367 e. The lowest BCUT2D eigenvalue weighted by Gasteiger charge is -2.31. The fourth-order valence-corrected chi connectivity index (χ4v) is 5.10. The zero-order valence-corrected chi connectivity index (χ0v) is 20.4. The van der Waals surface area contributed by atoms with Gasteiger partial charge in [0.05, 0.1) is 16.3 Å². The van der Waals surface area contributed by atoms with Crippen LogP contribution < -0.4 is 20.3 Å². The average Bonchev–Trinajstić information content (AvgIpc) is 2.85. The summed E-state index contributed by atoms with van der Waals surface area (Å²) in [5, 5.41) is 6.56. The first-order valence-electron chi connectivity index (χ1n) is 11.0. The van der Waals surface area contributed by atoms with Crippen molar-refractivity contribution in [2.24, 2.45) is 0 Å². The summed E-state index contributed by atoms with van der Waals surface area (Å²) in [6.45, 7) is 5.22. The first kappa shape index (κ1) is 24.1. The molecule has 3 aromatic rings. The third-order valence-electron chi connectivity index (χ3n) is 5.71. The summed E-state index contributed by atoms with van der Waals surface area (Å²) < 4.78 is 29.1. The number of benzene rings is 3. The Labute approximate surface area is 205 Å². The second-order valence-electron chi connectivity index (χ2n) is 8.15. The summed E-state index contributed by atoms with van der Waals surface area (Å²) >= 11 is 6.17. The summed E-state index contributed by atoms with van der Waals surface area (Å²) in [4.78, 5) is 15.0. The molecule has 1 heterocycles. The number of hydrogen-bond donors (Lipinski definition) is 3. The maximum Gasteiger partial charge on any atom is 0.262 e. The van der Waals surface area contributed by atoms with Crippen molar-refractivity contribution < 1.29 is 13.2 Å². The molecule has 0 aromatic heterocycles. The fourth-order valence-electron chi connectivity index (χ4n) is 3.77. The molecule has 0 bridgehead atoms. The maximum atomic E-state index is 13.2. The summed E-state index contributed by atoms with van der Waals surface area (Å²) in [6.07, 6.45) is 0. The van der Waals surface area contributed by atoms with E-state index in [0.29, 0.717) is 22.8 Å². The Kier molecular flexibility index (Phi) is 7.41. The normalized spacial score (nSPS) is 14.0. The summed E-state index contributed by atoms with van der Waals surface area (Å²) in [5.74, 6) is -0.283. The molecule has 1 saturated heterocycles. The lowest BCUT2D eigenvalue weighted by atomic mass is 10.1. The van der Waals surface area contributed by atoms with Crippen molar-refractivity contribution in [2.45, 2.75) is 18.4 Å². The Balaban J connectivity index is 1.63. The molecule has 0 spiro atoms. The minimum Gasteiger partial charge on any atom is -0.367 e. The second kappa shape index (κ2) is 10.5. The summed E-state index contributed by atoms with van der Waals surface area (Å²) in [7, 11) is -3.92. The first-order chi connectivity index (χ1) is 16.3. The van der Waals surface area contributed by atoms with Gasteiger partial charge in [0.2, 0.25) is 0 Å². The molecule has 1 fully saturated rings. The number of amides is 1. The SMILES string of the molecule is Cc1ccc(S(=O)(=O)Nc2cc(C(=O)NCc3ccccc3)ccc2N2CCNCC2)cc1Cl. The quantitative estimate of drug-likeness (QED) is 0.461. The maximum absolute atomic E-state index is 13.2. The summed E-state index contributed by atoms with van der Waals surface area (Å²) in [5.41, 5.74) is 3.22. The number of hydrogen-bond acceptors (Lipinski definition) is 5. The van der Waals surface area contributed by atoms with E-state index in [2.05, 4.69) is 20.3 Å². The van der Waals surface area contributed by atoms with E-state index >= 15 is 0 Å². The van der Waals surface area contributed by atoms with E-state index in [4.69, 9.17) is 11.6 Å². The van der Waals surface area contributed by atoms with Crippen molar-refractivity contribution in [1.29, 1.82) is 0 Å². The van der Waals surface area contributed by atoms with Crippen LogP contribution in [-0.2, 0) is 16.6 Å². The molecular formula is C25H27ClN4O3S. The number of sulfonamides is 1. The van der Waals surface area contributed by atoms with Crippen molar-refractivity contribution >= 4 is 38.9 Å². The minimum atomic E-state index is -3.92. The molecule has 0 radical (unpaired) electrons. The van der Waals surface area contributed by atoms with Crippen LogP contribution in [0.15, 0.2) is 71.6 Å². The van der Waals surface area contributed by atoms with Crippen LogP contribution in [0, 0.1) is 6.92 Å². The van der Waals surface area contributed by atoms with Crippen LogP contribution in [0.3, 0.4) is 0 Å². The van der Waals surface area contributed by atoms with Crippen molar-refractivity contribution in [3.05, 3.63) is 88.4 Å². The Hall–Kier alpha value is -3.07. The number of aryl methyl sites for hydroxylation is 1. The number of carbonyl (C=O) groups is 1. The van der Waals surface area contributed by atoms with Gasteiger partial charge in [-0.25, -0.2) is 8.42 Å².